The van der Waals surface area contributed by atoms with Crippen molar-refractivity contribution < 1.29 is 13.9 Å². The molecule has 2 N–H and O–H groups in total. The largest absolute Gasteiger partial charge is 0.378 e. The third-order valence-corrected chi connectivity index (χ3v) is 4.63. The maximum absolute atomic E-state index is 14.3. The Balaban J connectivity index is 1.56. The lowest BCUT2D eigenvalue weighted by atomic mass is 9.96. The highest BCUT2D eigenvalue weighted by Gasteiger charge is 2.24. The van der Waals surface area contributed by atoms with E-state index in [1.165, 1.54) is 6.20 Å². The van der Waals surface area contributed by atoms with Crippen molar-refractivity contribution in [2.45, 2.75) is 31.8 Å². The van der Waals surface area contributed by atoms with Crippen molar-refractivity contribution in [1.29, 1.82) is 0 Å². The molecule has 9 heteroatoms. The van der Waals surface area contributed by atoms with Crippen LogP contribution in [0, 0.1) is 5.82 Å². The Labute approximate surface area is 160 Å². The second-order valence-electron chi connectivity index (χ2n) is 6.69. The van der Waals surface area contributed by atoms with Gasteiger partial charge in [-0.3, -0.25) is 9.78 Å². The number of rotatable bonds is 5. The van der Waals surface area contributed by atoms with Gasteiger partial charge >= 0.3 is 0 Å². The minimum absolute atomic E-state index is 0.133. The van der Waals surface area contributed by atoms with Gasteiger partial charge in [0.2, 0.25) is 5.95 Å². The molecule has 1 fully saturated rings. The Hall–Kier alpha value is -3.20. The van der Waals surface area contributed by atoms with Gasteiger partial charge in [0, 0.05) is 12.5 Å². The number of nitrogens with zero attached hydrogens (tertiary/aromatic N) is 4. The van der Waals surface area contributed by atoms with Crippen molar-refractivity contribution in [3.63, 3.8) is 0 Å². The van der Waals surface area contributed by atoms with Gasteiger partial charge in [0.25, 0.3) is 0 Å². The van der Waals surface area contributed by atoms with Crippen LogP contribution in [-0.2, 0) is 4.74 Å². The summed E-state index contributed by atoms with van der Waals surface area (Å²) in [6.45, 7) is 2.73. The molecule has 28 heavy (non-hydrogen) atoms. The van der Waals surface area contributed by atoms with Crippen molar-refractivity contribution in [2.24, 2.45) is 0 Å². The molecule has 0 aliphatic carbocycles. The molecule has 0 saturated carbocycles. The summed E-state index contributed by atoms with van der Waals surface area (Å²) in [5, 5.41) is 2.95. The van der Waals surface area contributed by atoms with Crippen molar-refractivity contribution in [3.8, 4) is 11.4 Å². The Bertz CT molecular complexity index is 975. The number of aromatic nitrogens is 5. The second-order valence-corrected chi connectivity index (χ2v) is 6.69. The summed E-state index contributed by atoms with van der Waals surface area (Å²) in [5.41, 5.74) is 1.53. The molecule has 3 aromatic rings. The van der Waals surface area contributed by atoms with E-state index in [1.54, 1.807) is 18.3 Å². The number of anilines is 2. The fourth-order valence-electron chi connectivity index (χ4n) is 3.21. The van der Waals surface area contributed by atoms with E-state index in [1.807, 2.05) is 6.92 Å². The molecule has 144 valence electrons. The number of carbonyl (C=O) groups is 1. The first-order valence-electron chi connectivity index (χ1n) is 9.00. The van der Waals surface area contributed by atoms with Gasteiger partial charge < -0.3 is 15.0 Å². The molecule has 3 aromatic heterocycles. The number of halogens is 1. The molecule has 0 spiro atoms. The van der Waals surface area contributed by atoms with Crippen LogP contribution in [0.3, 0.4) is 0 Å². The van der Waals surface area contributed by atoms with E-state index in [9.17, 15) is 9.18 Å². The number of aromatic amines is 1. The Morgan fingerprint density at radius 1 is 1.25 bits per heavy atom. The number of ether oxygens (including phenoxy) is 1. The number of hydrogen-bond donors (Lipinski definition) is 2. The summed E-state index contributed by atoms with van der Waals surface area (Å²) in [6.07, 6.45) is 6.76. The highest BCUT2D eigenvalue weighted by molar-refractivity contribution is 5.72. The van der Waals surface area contributed by atoms with E-state index in [0.717, 1.165) is 24.9 Å². The van der Waals surface area contributed by atoms with Crippen LogP contribution >= 0.6 is 0 Å². The van der Waals surface area contributed by atoms with Crippen molar-refractivity contribution >= 4 is 17.9 Å². The molecular formula is C19H19FN6O2. The quantitative estimate of drug-likeness (QED) is 0.653. The normalized spacial score (nSPS) is 19.4. The Kier molecular flexibility index (Phi) is 5.07. The topological polar surface area (TPSA) is 106 Å². The third-order valence-electron chi connectivity index (χ3n) is 4.63. The molecule has 0 aromatic carbocycles. The van der Waals surface area contributed by atoms with Crippen LogP contribution in [0.4, 0.5) is 16.0 Å². The van der Waals surface area contributed by atoms with Gasteiger partial charge in [0.05, 0.1) is 36.1 Å². The maximum atomic E-state index is 14.3. The smallest absolute Gasteiger partial charge is 0.228 e. The fourth-order valence-corrected chi connectivity index (χ4v) is 3.21. The van der Waals surface area contributed by atoms with Gasteiger partial charge in [0.15, 0.2) is 12.1 Å². The Morgan fingerprint density at radius 3 is 2.89 bits per heavy atom. The zero-order valence-corrected chi connectivity index (χ0v) is 15.2. The van der Waals surface area contributed by atoms with Gasteiger partial charge in [0.1, 0.15) is 17.2 Å². The molecule has 4 heterocycles. The van der Waals surface area contributed by atoms with Gasteiger partial charge in [-0.25, -0.2) is 19.3 Å². The van der Waals surface area contributed by atoms with E-state index in [4.69, 9.17) is 4.74 Å². The van der Waals surface area contributed by atoms with Crippen molar-refractivity contribution in [2.75, 3.05) is 11.9 Å². The molecule has 2 atom stereocenters. The third kappa shape index (κ3) is 3.89. The number of aldehydes is 1. The SMILES string of the molecule is CC1CC(c2ncc(-c3nc(Nc4ccc(C=O)nc4)ncc3F)[nH]2)CCO1. The lowest BCUT2D eigenvalue weighted by Crippen LogP contribution is -2.22. The lowest BCUT2D eigenvalue weighted by molar-refractivity contribution is 0.0174. The summed E-state index contributed by atoms with van der Waals surface area (Å²) in [4.78, 5) is 30.5. The summed E-state index contributed by atoms with van der Waals surface area (Å²) in [6, 6.07) is 3.24. The molecular weight excluding hydrogens is 363 g/mol. The first-order chi connectivity index (χ1) is 13.6. The maximum Gasteiger partial charge on any atom is 0.228 e. The molecule has 8 nitrogen and oxygen atoms in total. The van der Waals surface area contributed by atoms with Crippen LogP contribution < -0.4 is 5.32 Å². The fraction of sp³-hybridized carbons (Fsp3) is 0.316. The minimum Gasteiger partial charge on any atom is -0.378 e. The first kappa shape index (κ1) is 18.2. The van der Waals surface area contributed by atoms with Crippen LogP contribution in [0.25, 0.3) is 11.4 Å². The summed E-state index contributed by atoms with van der Waals surface area (Å²) in [5.74, 6) is 0.733. The van der Waals surface area contributed by atoms with Crippen molar-refractivity contribution in [3.05, 3.63) is 48.1 Å². The second kappa shape index (κ2) is 7.81. The number of imidazole rings is 1. The van der Waals surface area contributed by atoms with E-state index in [-0.39, 0.29) is 23.7 Å². The monoisotopic (exact) mass is 382 g/mol. The number of pyridine rings is 1. The highest BCUT2D eigenvalue weighted by atomic mass is 19.1. The number of H-pyrrole nitrogens is 1. The van der Waals surface area contributed by atoms with Crippen LogP contribution in [-0.4, -0.2) is 43.9 Å². The van der Waals surface area contributed by atoms with Crippen LogP contribution in [0.15, 0.2) is 30.7 Å². The van der Waals surface area contributed by atoms with Gasteiger partial charge in [-0.2, -0.15) is 0 Å². The van der Waals surface area contributed by atoms with Crippen LogP contribution in [0.5, 0.6) is 0 Å². The average molecular weight is 382 g/mol. The molecule has 0 bridgehead atoms. The summed E-state index contributed by atoms with van der Waals surface area (Å²) >= 11 is 0. The van der Waals surface area contributed by atoms with Crippen molar-refractivity contribution in [1.82, 2.24) is 24.9 Å². The molecule has 0 radical (unpaired) electrons. The van der Waals surface area contributed by atoms with Gasteiger partial charge in [-0.15, -0.1) is 0 Å². The standard InChI is InChI=1S/C19H19FN6O2/c1-11-6-12(4-5-28-11)18-22-9-16(25-18)17-15(20)8-23-19(26-17)24-13-2-3-14(10-27)21-7-13/h2-3,7-12H,4-6H2,1H3,(H,22,25)(H,23,24,26). The predicted molar refractivity (Wildman–Crippen MR) is 99.9 cm³/mol. The molecule has 0 amide bonds. The van der Waals surface area contributed by atoms with E-state index >= 15 is 0 Å². The number of carbonyl (C=O) groups excluding carboxylic acids is 1. The number of hydrogen-bond acceptors (Lipinski definition) is 7. The van der Waals surface area contributed by atoms with Crippen LogP contribution in [0.1, 0.15) is 42.0 Å². The molecule has 2 unspecified atom stereocenters. The number of nitrogens with one attached hydrogen (secondary N) is 2. The summed E-state index contributed by atoms with van der Waals surface area (Å²) < 4.78 is 19.9. The van der Waals surface area contributed by atoms with Gasteiger partial charge in [-0.05, 0) is 31.9 Å². The zero-order chi connectivity index (χ0) is 19.5. The minimum atomic E-state index is -0.546. The molecule has 1 aliphatic rings. The first-order valence-corrected chi connectivity index (χ1v) is 9.00. The lowest BCUT2D eigenvalue weighted by Gasteiger charge is -2.25. The molecule has 1 aliphatic heterocycles. The van der Waals surface area contributed by atoms with E-state index < -0.39 is 5.82 Å². The Morgan fingerprint density at radius 2 is 2.14 bits per heavy atom. The van der Waals surface area contributed by atoms with E-state index in [2.05, 4.69) is 30.2 Å². The van der Waals surface area contributed by atoms with Gasteiger partial charge in [-0.1, -0.05) is 0 Å². The average Bonchev–Trinajstić information content (AvgIpc) is 3.20. The molecule has 4 rings (SSSR count). The van der Waals surface area contributed by atoms with Crippen LogP contribution in [0.2, 0.25) is 0 Å². The molecule has 1 saturated heterocycles. The zero-order valence-electron chi connectivity index (χ0n) is 15.2. The van der Waals surface area contributed by atoms with E-state index in [0.29, 0.717) is 30.0 Å². The highest BCUT2D eigenvalue weighted by Crippen LogP contribution is 2.30. The summed E-state index contributed by atoms with van der Waals surface area (Å²) in [7, 11) is 0. The predicted octanol–water partition coefficient (Wildman–Crippen LogP) is 3.24.